The van der Waals surface area contributed by atoms with E-state index in [1.807, 2.05) is 0 Å². The maximum atomic E-state index is 3.58. The molecule has 5 heteroatoms. The SMILES string of the molecule is CC1=c2ccc([nH]2)=C(C)c2ccc([nH]2)C(C)=c2ccc([nH]2)=C(C)c2ccc1[nH]2.[Fe]. The van der Waals surface area contributed by atoms with E-state index in [0.717, 1.165) is 44.2 Å². The second-order valence-electron chi connectivity index (χ2n) is 7.64. The third kappa shape index (κ3) is 3.17. The molecule has 4 aromatic heterocycles. The van der Waals surface area contributed by atoms with E-state index in [4.69, 9.17) is 0 Å². The number of nitrogens with one attached hydrogen (secondary N) is 4. The predicted molar refractivity (Wildman–Crippen MR) is 114 cm³/mol. The molecule has 0 aromatic carbocycles. The zero-order valence-electron chi connectivity index (χ0n) is 17.0. The zero-order chi connectivity index (χ0) is 19.4. The molecule has 148 valence electrons. The molecule has 4 N–H and O–H groups in total. The largest absolute Gasteiger partial charge is 0.355 e. The first-order chi connectivity index (χ1) is 13.5. The van der Waals surface area contributed by atoms with Crippen molar-refractivity contribution >= 4 is 22.3 Å². The molecule has 8 bridgehead atoms. The van der Waals surface area contributed by atoms with Crippen molar-refractivity contribution in [2.75, 3.05) is 0 Å². The topological polar surface area (TPSA) is 63.2 Å². The Morgan fingerprint density at radius 3 is 0.862 bits per heavy atom. The third-order valence-corrected chi connectivity index (χ3v) is 5.98. The Balaban J connectivity index is 0.00000205. The first kappa shape index (κ1) is 19.4. The van der Waals surface area contributed by atoms with E-state index in [2.05, 4.69) is 96.2 Å². The number of H-pyrrole nitrogens is 4. The first-order valence-electron chi connectivity index (χ1n) is 9.64. The van der Waals surface area contributed by atoms with Gasteiger partial charge in [-0.15, -0.1) is 0 Å². The molecule has 5 rings (SSSR count). The Hall–Kier alpha value is -2.88. The number of aromatic amines is 4. The van der Waals surface area contributed by atoms with Gasteiger partial charge in [0.15, 0.2) is 0 Å². The van der Waals surface area contributed by atoms with Crippen molar-refractivity contribution in [1.82, 2.24) is 19.9 Å². The summed E-state index contributed by atoms with van der Waals surface area (Å²) in [5.41, 5.74) is 9.33. The molecular weight excluding hydrogens is 400 g/mol. The molecular formula is C24H24FeN4. The van der Waals surface area contributed by atoms with Gasteiger partial charge in [-0.3, -0.25) is 0 Å². The second kappa shape index (κ2) is 7.18. The van der Waals surface area contributed by atoms with Crippen molar-refractivity contribution < 1.29 is 17.1 Å². The van der Waals surface area contributed by atoms with Crippen LogP contribution in [0.15, 0.2) is 48.5 Å². The van der Waals surface area contributed by atoms with Crippen LogP contribution in [0.4, 0.5) is 0 Å². The zero-order valence-corrected chi connectivity index (χ0v) is 18.1. The van der Waals surface area contributed by atoms with Crippen LogP contribution < -0.4 is 21.4 Å². The third-order valence-electron chi connectivity index (χ3n) is 5.98. The summed E-state index contributed by atoms with van der Waals surface area (Å²) in [6.45, 7) is 8.60. The number of fused-ring (bicyclic) bond motifs is 8. The molecule has 0 amide bonds. The molecule has 0 saturated heterocycles. The van der Waals surface area contributed by atoms with Crippen LogP contribution in [-0.2, 0) is 17.1 Å². The number of hydrogen-bond donors (Lipinski definition) is 4. The van der Waals surface area contributed by atoms with Crippen molar-refractivity contribution in [1.29, 1.82) is 0 Å². The minimum atomic E-state index is 0. The summed E-state index contributed by atoms with van der Waals surface area (Å²) in [7, 11) is 0. The monoisotopic (exact) mass is 424 g/mol. The van der Waals surface area contributed by atoms with Crippen LogP contribution in [0.2, 0.25) is 0 Å². The average molecular weight is 424 g/mol. The molecule has 0 aliphatic carbocycles. The quantitative estimate of drug-likeness (QED) is 0.313. The number of aromatic nitrogens is 4. The smallest absolute Gasteiger partial charge is 0.0435 e. The van der Waals surface area contributed by atoms with Gasteiger partial charge in [0.25, 0.3) is 0 Å². The van der Waals surface area contributed by atoms with Crippen LogP contribution >= 0.6 is 0 Å². The van der Waals surface area contributed by atoms with Crippen LogP contribution in [0.5, 0.6) is 0 Å². The molecule has 0 radical (unpaired) electrons. The van der Waals surface area contributed by atoms with Gasteiger partial charge in [-0.25, -0.2) is 0 Å². The maximum Gasteiger partial charge on any atom is 0.0435 e. The minimum absolute atomic E-state index is 0. The summed E-state index contributed by atoms with van der Waals surface area (Å²) in [4.78, 5) is 14.3. The van der Waals surface area contributed by atoms with Gasteiger partial charge >= 0.3 is 0 Å². The van der Waals surface area contributed by atoms with Crippen LogP contribution in [0, 0.1) is 0 Å². The Morgan fingerprint density at radius 1 is 0.379 bits per heavy atom. The van der Waals surface area contributed by atoms with Crippen LogP contribution in [0.1, 0.15) is 50.5 Å². The summed E-state index contributed by atoms with van der Waals surface area (Å²) in [5.74, 6) is 0. The van der Waals surface area contributed by atoms with E-state index in [1.54, 1.807) is 0 Å². The molecule has 0 saturated carbocycles. The minimum Gasteiger partial charge on any atom is -0.355 e. The molecule has 5 heterocycles. The Kier molecular flexibility index (Phi) is 4.81. The van der Waals surface area contributed by atoms with Gasteiger partial charge in [0.05, 0.1) is 0 Å². The van der Waals surface area contributed by atoms with Gasteiger partial charge in [0.2, 0.25) is 0 Å². The molecule has 1 aliphatic rings. The van der Waals surface area contributed by atoms with E-state index < -0.39 is 0 Å². The second-order valence-corrected chi connectivity index (χ2v) is 7.64. The van der Waals surface area contributed by atoms with Gasteiger partial charge in [-0.1, -0.05) is 0 Å². The van der Waals surface area contributed by atoms with Gasteiger partial charge in [0, 0.05) is 61.2 Å². The van der Waals surface area contributed by atoms with Crippen molar-refractivity contribution in [3.8, 4) is 0 Å². The van der Waals surface area contributed by atoms with E-state index in [-0.39, 0.29) is 17.1 Å². The summed E-state index contributed by atoms with van der Waals surface area (Å²) < 4.78 is 0. The van der Waals surface area contributed by atoms with Crippen LogP contribution in [0.25, 0.3) is 22.3 Å². The normalized spacial score (nSPS) is 13.7. The Morgan fingerprint density at radius 2 is 0.621 bits per heavy atom. The van der Waals surface area contributed by atoms with Gasteiger partial charge < -0.3 is 19.9 Å². The molecule has 4 nitrogen and oxygen atoms in total. The van der Waals surface area contributed by atoms with E-state index >= 15 is 0 Å². The van der Waals surface area contributed by atoms with Crippen molar-refractivity contribution in [2.24, 2.45) is 0 Å². The van der Waals surface area contributed by atoms with Crippen LogP contribution in [0.3, 0.4) is 0 Å². The van der Waals surface area contributed by atoms with E-state index in [0.29, 0.717) is 0 Å². The fraction of sp³-hybridized carbons (Fsp3) is 0.167. The first-order valence-corrected chi connectivity index (χ1v) is 9.64. The maximum absolute atomic E-state index is 3.58. The molecule has 0 spiro atoms. The molecule has 1 aliphatic heterocycles. The predicted octanol–water partition coefficient (Wildman–Crippen LogP) is 2.19. The van der Waals surface area contributed by atoms with Gasteiger partial charge in [0.1, 0.15) is 0 Å². The van der Waals surface area contributed by atoms with Gasteiger partial charge in [-0.05, 0) is 98.5 Å². The summed E-state index contributed by atoms with van der Waals surface area (Å²) >= 11 is 0. The van der Waals surface area contributed by atoms with Crippen LogP contribution in [-0.4, -0.2) is 19.9 Å². The summed E-state index contributed by atoms with van der Waals surface area (Å²) in [6.07, 6.45) is 0. The number of rotatable bonds is 0. The Labute approximate surface area is 179 Å². The molecule has 0 unspecified atom stereocenters. The van der Waals surface area contributed by atoms with Crippen molar-refractivity contribution in [3.63, 3.8) is 0 Å². The fourth-order valence-corrected chi connectivity index (χ4v) is 3.91. The number of hydrogen-bond acceptors (Lipinski definition) is 0. The van der Waals surface area contributed by atoms with E-state index in [9.17, 15) is 0 Å². The average Bonchev–Trinajstić information content (AvgIpc) is 3.49. The van der Waals surface area contributed by atoms with E-state index in [1.165, 1.54) is 22.3 Å². The standard InChI is InChI=1S/C24H24N4.Fe/c1-13-17-5-7-19(25-17)14(2)21-9-11-23(27-21)16(4)24-12-10-22(28-24)15(3)20-8-6-18(13)26-20;/h5-12,25-28H,1-4H3;. The Bertz CT molecular complexity index is 1240. The molecule has 0 fully saturated rings. The molecule has 29 heavy (non-hydrogen) atoms. The van der Waals surface area contributed by atoms with Gasteiger partial charge in [-0.2, -0.15) is 0 Å². The van der Waals surface area contributed by atoms with Crippen molar-refractivity contribution in [3.05, 3.63) is 92.7 Å². The van der Waals surface area contributed by atoms with Crippen molar-refractivity contribution in [2.45, 2.75) is 27.7 Å². The molecule has 0 atom stereocenters. The molecule has 4 aromatic rings. The summed E-state index contributed by atoms with van der Waals surface area (Å²) in [6, 6.07) is 17.2. The fourth-order valence-electron chi connectivity index (χ4n) is 3.91. The summed E-state index contributed by atoms with van der Waals surface area (Å²) in [5, 5.41) is 4.52.